The van der Waals surface area contributed by atoms with E-state index in [1.165, 1.54) is 19.4 Å². The number of nitrogens with one attached hydrogen (secondary N) is 2. The fourth-order valence-corrected chi connectivity index (χ4v) is 7.10. The minimum atomic E-state index is -4.74. The molecule has 1 aliphatic rings. The van der Waals surface area contributed by atoms with Crippen molar-refractivity contribution in [2.75, 3.05) is 20.6 Å². The number of likely N-dealkylation sites (tertiary alicyclic amines) is 1. The first-order chi connectivity index (χ1) is 23.9. The number of nitrogens with zero attached hydrogens (tertiary/aromatic N) is 3. The molecule has 2 heterocycles. The molecule has 0 aliphatic carbocycles. The van der Waals surface area contributed by atoms with Gasteiger partial charge < -0.3 is 25.4 Å². The number of carbonyl (C=O) groups excluding carboxylic acids is 4. The van der Waals surface area contributed by atoms with E-state index in [0.29, 0.717) is 25.8 Å². The molecular weight excluding hydrogens is 691 g/mol. The Kier molecular flexibility index (Phi) is 15.0. The predicted octanol–water partition coefficient (Wildman–Crippen LogP) is 4.60. The number of carboxylic acid groups (broad SMARTS) is 1. The van der Waals surface area contributed by atoms with E-state index in [1.807, 2.05) is 30.3 Å². The number of likely N-dealkylation sites (N-methyl/N-ethyl adjacent to an activating group) is 2. The average Bonchev–Trinajstić information content (AvgIpc) is 3.71. The molecule has 12 nitrogen and oxygen atoms in total. The van der Waals surface area contributed by atoms with Crippen LogP contribution < -0.4 is 10.6 Å². The van der Waals surface area contributed by atoms with Crippen molar-refractivity contribution >= 4 is 41.0 Å². The Morgan fingerprint density at radius 2 is 1.76 bits per heavy atom. The highest BCUT2D eigenvalue weighted by molar-refractivity contribution is 7.09. The number of aliphatic carboxylic acids is 1. The van der Waals surface area contributed by atoms with Crippen LogP contribution in [0.25, 0.3) is 0 Å². The van der Waals surface area contributed by atoms with Gasteiger partial charge in [-0.05, 0) is 50.8 Å². The second-order valence-corrected chi connectivity index (χ2v) is 14.4. The second kappa shape index (κ2) is 18.4. The van der Waals surface area contributed by atoms with Gasteiger partial charge in [0.1, 0.15) is 16.7 Å². The molecule has 1 aliphatic heterocycles. The molecule has 51 heavy (non-hydrogen) atoms. The largest absolute Gasteiger partial charge is 0.481 e. The SMILES string of the molecule is CC(=O)OC(CC(C(C)C)N(C)C(=O)C(CC(F)(F)F)NC(=O)[C@H]1CCCN1C)c1nc(C(=O)NC(Cc2ccccc2)CC(C)C(=O)O)cs1. The summed E-state index contributed by atoms with van der Waals surface area (Å²) >= 11 is 1.03. The first-order valence-electron chi connectivity index (χ1n) is 16.9. The Balaban J connectivity index is 1.82. The topological polar surface area (TPSA) is 158 Å². The number of ether oxygens (including phenoxy) is 1. The highest BCUT2D eigenvalue weighted by Gasteiger charge is 2.41. The number of halogens is 3. The van der Waals surface area contributed by atoms with Crippen LogP contribution in [0.2, 0.25) is 0 Å². The molecule has 3 N–H and O–H groups in total. The summed E-state index contributed by atoms with van der Waals surface area (Å²) in [5.74, 6) is -4.91. The van der Waals surface area contributed by atoms with E-state index in [-0.39, 0.29) is 29.5 Å². The fourth-order valence-electron chi connectivity index (χ4n) is 6.27. The number of amides is 3. The number of benzene rings is 1. The van der Waals surface area contributed by atoms with Gasteiger partial charge in [-0.15, -0.1) is 11.3 Å². The van der Waals surface area contributed by atoms with Crippen molar-refractivity contribution in [1.82, 2.24) is 25.4 Å². The Hall–Kier alpha value is -4.05. The van der Waals surface area contributed by atoms with Crippen LogP contribution in [0.5, 0.6) is 0 Å². The van der Waals surface area contributed by atoms with Crippen LogP contribution >= 0.6 is 11.3 Å². The quantitative estimate of drug-likeness (QED) is 0.197. The minimum Gasteiger partial charge on any atom is -0.481 e. The molecule has 6 atom stereocenters. The molecule has 0 spiro atoms. The summed E-state index contributed by atoms with van der Waals surface area (Å²) in [6.07, 6.45) is -5.71. The molecule has 0 radical (unpaired) electrons. The standard InChI is InChI=1S/C35H48F3N5O7S/c1-20(2)28(43(6)33(47)25(18-35(36,37)38)40-31(46)27-13-10-14-42(27)5)17-29(50-22(4)44)32-41-26(19-51-32)30(45)39-24(15-21(3)34(48)49)16-23-11-8-7-9-12-23/h7-9,11-12,19-21,24-25,27-29H,10,13-18H2,1-6H3,(H,39,45)(H,40,46)(H,48,49)/t21?,24?,25?,27-,28?,29?/m1/s1. The summed E-state index contributed by atoms with van der Waals surface area (Å²) in [5, 5.41) is 16.4. The van der Waals surface area contributed by atoms with Gasteiger partial charge in [0, 0.05) is 37.9 Å². The summed E-state index contributed by atoms with van der Waals surface area (Å²) in [6.45, 7) is 6.87. The summed E-state index contributed by atoms with van der Waals surface area (Å²) < 4.78 is 46.6. The normalized spacial score (nSPS) is 18.0. The first-order valence-corrected chi connectivity index (χ1v) is 17.8. The monoisotopic (exact) mass is 739 g/mol. The number of esters is 1. The highest BCUT2D eigenvalue weighted by atomic mass is 32.1. The summed E-state index contributed by atoms with van der Waals surface area (Å²) in [6, 6.07) is 5.46. The van der Waals surface area contributed by atoms with Gasteiger partial charge in [-0.1, -0.05) is 51.1 Å². The van der Waals surface area contributed by atoms with Crippen molar-refractivity contribution in [3.05, 3.63) is 52.0 Å². The van der Waals surface area contributed by atoms with E-state index in [1.54, 1.807) is 32.7 Å². The molecule has 3 rings (SSSR count). The molecule has 1 aromatic carbocycles. The van der Waals surface area contributed by atoms with Gasteiger partial charge in [0.05, 0.1) is 18.4 Å². The average molecular weight is 740 g/mol. The predicted molar refractivity (Wildman–Crippen MR) is 184 cm³/mol. The van der Waals surface area contributed by atoms with Gasteiger partial charge >= 0.3 is 18.1 Å². The molecule has 3 amide bonds. The van der Waals surface area contributed by atoms with E-state index in [9.17, 15) is 42.3 Å². The lowest BCUT2D eigenvalue weighted by atomic mass is 9.95. The third-order valence-electron chi connectivity index (χ3n) is 9.00. The third-order valence-corrected chi connectivity index (χ3v) is 9.94. The summed E-state index contributed by atoms with van der Waals surface area (Å²) in [7, 11) is 3.05. The summed E-state index contributed by atoms with van der Waals surface area (Å²) in [4.78, 5) is 71.1. The molecule has 1 saturated heterocycles. The van der Waals surface area contributed by atoms with Crippen LogP contribution in [0, 0.1) is 11.8 Å². The van der Waals surface area contributed by atoms with E-state index in [0.717, 1.165) is 21.8 Å². The molecule has 0 saturated carbocycles. The zero-order valence-electron chi connectivity index (χ0n) is 29.7. The zero-order valence-corrected chi connectivity index (χ0v) is 30.6. The van der Waals surface area contributed by atoms with Crippen LogP contribution in [-0.2, 0) is 30.3 Å². The van der Waals surface area contributed by atoms with Crippen LogP contribution in [0.3, 0.4) is 0 Å². The van der Waals surface area contributed by atoms with Gasteiger partial charge in [0.15, 0.2) is 6.10 Å². The van der Waals surface area contributed by atoms with E-state index in [4.69, 9.17) is 4.74 Å². The molecule has 1 aromatic heterocycles. The number of carboxylic acids is 1. The van der Waals surface area contributed by atoms with Crippen molar-refractivity contribution in [1.29, 1.82) is 0 Å². The molecule has 2 aromatic rings. The lowest BCUT2D eigenvalue weighted by Gasteiger charge is -2.36. The number of hydrogen-bond donors (Lipinski definition) is 3. The Bertz CT molecular complexity index is 1510. The maximum absolute atomic E-state index is 13.7. The number of aromatic nitrogens is 1. The molecular formula is C35H48F3N5O7S. The number of carbonyl (C=O) groups is 5. The number of hydrogen-bond acceptors (Lipinski definition) is 9. The van der Waals surface area contributed by atoms with E-state index >= 15 is 0 Å². The first kappa shape index (κ1) is 41.4. The molecule has 5 unspecified atom stereocenters. The lowest BCUT2D eigenvalue weighted by Crippen LogP contribution is -2.55. The van der Waals surface area contributed by atoms with Crippen molar-refractivity contribution in [2.45, 2.75) is 103 Å². The number of alkyl halides is 3. The minimum absolute atomic E-state index is 0.00329. The van der Waals surface area contributed by atoms with Crippen LogP contribution in [0.15, 0.2) is 35.7 Å². The van der Waals surface area contributed by atoms with Gasteiger partial charge in [0.25, 0.3) is 5.91 Å². The van der Waals surface area contributed by atoms with Crippen LogP contribution in [0.4, 0.5) is 13.2 Å². The van der Waals surface area contributed by atoms with Crippen LogP contribution in [0.1, 0.15) is 87.0 Å². The molecule has 16 heteroatoms. The van der Waals surface area contributed by atoms with Crippen molar-refractivity contribution in [3.63, 3.8) is 0 Å². The smallest absolute Gasteiger partial charge is 0.391 e. The maximum Gasteiger partial charge on any atom is 0.391 e. The molecule has 0 bridgehead atoms. The van der Waals surface area contributed by atoms with E-state index < -0.39 is 78.4 Å². The van der Waals surface area contributed by atoms with Crippen molar-refractivity contribution < 1.29 is 47.0 Å². The highest BCUT2D eigenvalue weighted by Crippen LogP contribution is 2.32. The van der Waals surface area contributed by atoms with Crippen molar-refractivity contribution in [3.8, 4) is 0 Å². The second-order valence-electron chi connectivity index (χ2n) is 13.5. The number of thiazole rings is 1. The van der Waals surface area contributed by atoms with Gasteiger partial charge in [0.2, 0.25) is 11.8 Å². The van der Waals surface area contributed by atoms with Gasteiger partial charge in [-0.25, -0.2) is 4.98 Å². The van der Waals surface area contributed by atoms with E-state index in [2.05, 4.69) is 15.6 Å². The summed E-state index contributed by atoms with van der Waals surface area (Å²) in [5.41, 5.74) is 0.902. The van der Waals surface area contributed by atoms with Crippen LogP contribution in [-0.4, -0.2) is 101 Å². The maximum atomic E-state index is 13.7. The molecule has 282 valence electrons. The lowest BCUT2D eigenvalue weighted by molar-refractivity contribution is -0.158. The Morgan fingerprint density at radius 1 is 1.10 bits per heavy atom. The third kappa shape index (κ3) is 12.6. The number of rotatable bonds is 17. The van der Waals surface area contributed by atoms with Crippen molar-refractivity contribution in [2.24, 2.45) is 11.8 Å². The Morgan fingerprint density at radius 3 is 2.31 bits per heavy atom. The fraction of sp³-hybridized carbons (Fsp3) is 0.600. The Labute approximate surface area is 300 Å². The zero-order chi connectivity index (χ0) is 38.0. The van der Waals surface area contributed by atoms with Gasteiger partial charge in [-0.3, -0.25) is 28.9 Å². The molecule has 1 fully saturated rings. The van der Waals surface area contributed by atoms with Gasteiger partial charge in [-0.2, -0.15) is 13.2 Å².